The summed E-state index contributed by atoms with van der Waals surface area (Å²) >= 11 is 0. The van der Waals surface area contributed by atoms with Crippen molar-refractivity contribution in [2.24, 2.45) is 11.8 Å². The van der Waals surface area contributed by atoms with Crippen LogP contribution in [0.1, 0.15) is 78.6 Å². The van der Waals surface area contributed by atoms with Gasteiger partial charge in [0.15, 0.2) is 0 Å². The summed E-state index contributed by atoms with van der Waals surface area (Å²) in [6, 6.07) is 0. The fourth-order valence-electron chi connectivity index (χ4n) is 4.29. The van der Waals surface area contributed by atoms with Crippen molar-refractivity contribution in [3.63, 3.8) is 0 Å². The first-order valence-corrected chi connectivity index (χ1v) is 13.0. The van der Waals surface area contributed by atoms with E-state index in [0.29, 0.717) is 18.6 Å². The van der Waals surface area contributed by atoms with Crippen molar-refractivity contribution < 1.29 is 49.7 Å². The van der Waals surface area contributed by atoms with Crippen molar-refractivity contribution in [2.45, 2.75) is 115 Å². The third-order valence-corrected chi connectivity index (χ3v) is 6.89. The van der Waals surface area contributed by atoms with Gasteiger partial charge in [0.1, 0.15) is 6.10 Å². The largest absolute Gasteiger partial charge is 0.481 e. The molecule has 1 aliphatic heterocycles. The molecule has 0 bridgehead atoms. The van der Waals surface area contributed by atoms with E-state index in [9.17, 15) is 35.1 Å². The molecule has 210 valence electrons. The zero-order valence-corrected chi connectivity index (χ0v) is 21.8. The molecular formula is C26H46O10. The van der Waals surface area contributed by atoms with E-state index < -0.39 is 60.4 Å². The average Bonchev–Trinajstić information content (AvgIpc) is 2.81. The molecular weight excluding hydrogens is 472 g/mol. The lowest BCUT2D eigenvalue weighted by Gasteiger charge is -2.39. The monoisotopic (exact) mass is 518 g/mol. The summed E-state index contributed by atoms with van der Waals surface area (Å²) in [5, 5.41) is 59.7. The van der Waals surface area contributed by atoms with E-state index >= 15 is 0 Å². The number of carbonyl (C=O) groups excluding carboxylic acids is 1. The van der Waals surface area contributed by atoms with Gasteiger partial charge < -0.3 is 40.1 Å². The van der Waals surface area contributed by atoms with E-state index in [4.69, 9.17) is 14.6 Å². The van der Waals surface area contributed by atoms with Crippen LogP contribution in [0.3, 0.4) is 0 Å². The standard InChI is InChI=1S/C26H46O10/c1-16(13-23(31)35-11-9-7-5-4-6-8-10-22(29)30)12-21-26(34)25(33)19(15-36-21)14-20(28)24(32)17(2)18(3)27/h13,17-21,24-28,32-34H,4-12,14-15H2,1-3H3,(H,29,30)/b16-13+/t17-,18-,19-,20?,21-,24-,25+,26-/m0/s1. The van der Waals surface area contributed by atoms with Gasteiger partial charge in [0, 0.05) is 24.3 Å². The van der Waals surface area contributed by atoms with Crippen LogP contribution in [0.5, 0.6) is 0 Å². The number of esters is 1. The van der Waals surface area contributed by atoms with Gasteiger partial charge in [0.05, 0.1) is 43.7 Å². The normalized spacial score (nSPS) is 26.2. The molecule has 6 N–H and O–H groups in total. The smallest absolute Gasteiger partial charge is 0.330 e. The molecule has 0 radical (unpaired) electrons. The topological polar surface area (TPSA) is 174 Å². The number of carbonyl (C=O) groups is 2. The van der Waals surface area contributed by atoms with Gasteiger partial charge in [0.25, 0.3) is 0 Å². The van der Waals surface area contributed by atoms with Crippen LogP contribution < -0.4 is 0 Å². The molecule has 1 rings (SSSR count). The van der Waals surface area contributed by atoms with Crippen LogP contribution in [0.25, 0.3) is 0 Å². The molecule has 0 amide bonds. The average molecular weight is 519 g/mol. The Balaban J connectivity index is 2.34. The van der Waals surface area contributed by atoms with Gasteiger partial charge in [-0.2, -0.15) is 0 Å². The molecule has 1 heterocycles. The minimum atomic E-state index is -1.22. The molecule has 0 aromatic rings. The van der Waals surface area contributed by atoms with Crippen molar-refractivity contribution in [2.75, 3.05) is 13.2 Å². The van der Waals surface area contributed by atoms with Gasteiger partial charge in [-0.25, -0.2) is 4.79 Å². The Morgan fingerprint density at radius 3 is 2.22 bits per heavy atom. The predicted molar refractivity (Wildman–Crippen MR) is 132 cm³/mol. The van der Waals surface area contributed by atoms with Crippen LogP contribution in [0, 0.1) is 11.8 Å². The molecule has 10 heteroatoms. The quantitative estimate of drug-likeness (QED) is 0.0941. The first-order chi connectivity index (χ1) is 16.9. The van der Waals surface area contributed by atoms with Crippen molar-refractivity contribution in [3.05, 3.63) is 11.6 Å². The van der Waals surface area contributed by atoms with Gasteiger partial charge in [0.2, 0.25) is 0 Å². The van der Waals surface area contributed by atoms with Crippen LogP contribution in [0.15, 0.2) is 11.6 Å². The Hall–Kier alpha value is -1.56. The number of rotatable bonds is 17. The van der Waals surface area contributed by atoms with Gasteiger partial charge in [-0.05, 0) is 39.5 Å². The van der Waals surface area contributed by atoms with E-state index in [1.165, 1.54) is 13.0 Å². The lowest BCUT2D eigenvalue weighted by atomic mass is 9.83. The van der Waals surface area contributed by atoms with E-state index in [2.05, 4.69) is 0 Å². The van der Waals surface area contributed by atoms with Crippen LogP contribution in [-0.4, -0.2) is 92.4 Å². The van der Waals surface area contributed by atoms with Crippen LogP contribution in [-0.2, 0) is 19.1 Å². The maximum absolute atomic E-state index is 12.0. The van der Waals surface area contributed by atoms with Gasteiger partial charge in [-0.1, -0.05) is 38.2 Å². The van der Waals surface area contributed by atoms with Gasteiger partial charge >= 0.3 is 11.9 Å². The first kappa shape index (κ1) is 32.5. The number of unbranched alkanes of at least 4 members (excludes halogenated alkanes) is 5. The minimum Gasteiger partial charge on any atom is -0.481 e. The van der Waals surface area contributed by atoms with Crippen LogP contribution >= 0.6 is 0 Å². The van der Waals surface area contributed by atoms with Crippen molar-refractivity contribution in [1.29, 1.82) is 0 Å². The highest BCUT2D eigenvalue weighted by Gasteiger charge is 2.40. The van der Waals surface area contributed by atoms with Crippen molar-refractivity contribution in [3.8, 4) is 0 Å². The van der Waals surface area contributed by atoms with Gasteiger partial charge in [-0.3, -0.25) is 4.79 Å². The van der Waals surface area contributed by atoms with Gasteiger partial charge in [-0.15, -0.1) is 0 Å². The summed E-state index contributed by atoms with van der Waals surface area (Å²) < 4.78 is 10.9. The predicted octanol–water partition coefficient (Wildman–Crippen LogP) is 1.55. The fourth-order valence-corrected chi connectivity index (χ4v) is 4.29. The second-order valence-corrected chi connectivity index (χ2v) is 10.1. The highest BCUT2D eigenvalue weighted by molar-refractivity contribution is 5.82. The molecule has 0 saturated carbocycles. The van der Waals surface area contributed by atoms with E-state index in [1.807, 2.05) is 0 Å². The lowest BCUT2D eigenvalue weighted by molar-refractivity contribution is -0.173. The maximum atomic E-state index is 12.0. The lowest BCUT2D eigenvalue weighted by Crippen LogP contribution is -2.51. The fraction of sp³-hybridized carbons (Fsp3) is 0.846. The Labute approximate surface area is 213 Å². The highest BCUT2D eigenvalue weighted by Crippen LogP contribution is 2.29. The summed E-state index contributed by atoms with van der Waals surface area (Å²) in [6.07, 6.45) is 0.590. The Morgan fingerprint density at radius 1 is 1.00 bits per heavy atom. The number of aliphatic carboxylic acids is 1. The third-order valence-electron chi connectivity index (χ3n) is 6.89. The molecule has 0 aliphatic carbocycles. The van der Waals surface area contributed by atoms with Crippen molar-refractivity contribution in [1.82, 2.24) is 0 Å². The summed E-state index contributed by atoms with van der Waals surface area (Å²) in [4.78, 5) is 22.5. The molecule has 0 aromatic heterocycles. The maximum Gasteiger partial charge on any atom is 0.330 e. The summed E-state index contributed by atoms with van der Waals surface area (Å²) in [5.41, 5.74) is 0.634. The summed E-state index contributed by atoms with van der Waals surface area (Å²) in [6.45, 7) is 5.22. The number of carboxylic acid groups (broad SMARTS) is 1. The van der Waals surface area contributed by atoms with Crippen molar-refractivity contribution >= 4 is 11.9 Å². The number of aliphatic hydroxyl groups is 5. The third kappa shape index (κ3) is 12.1. The molecule has 10 nitrogen and oxygen atoms in total. The number of carboxylic acids is 1. The zero-order valence-electron chi connectivity index (χ0n) is 21.8. The number of aliphatic hydroxyl groups excluding tert-OH is 5. The van der Waals surface area contributed by atoms with E-state index in [-0.39, 0.29) is 25.9 Å². The van der Waals surface area contributed by atoms with Crippen LogP contribution in [0.2, 0.25) is 0 Å². The molecule has 0 spiro atoms. The first-order valence-electron chi connectivity index (χ1n) is 13.0. The molecule has 1 saturated heterocycles. The number of hydrogen-bond donors (Lipinski definition) is 6. The Morgan fingerprint density at radius 2 is 1.61 bits per heavy atom. The highest BCUT2D eigenvalue weighted by atomic mass is 16.5. The Bertz CT molecular complexity index is 680. The summed E-state index contributed by atoms with van der Waals surface area (Å²) in [7, 11) is 0. The van der Waals surface area contributed by atoms with Crippen LogP contribution in [0.4, 0.5) is 0 Å². The Kier molecular flexibility index (Phi) is 15.4. The molecule has 1 unspecified atom stereocenters. The van der Waals surface area contributed by atoms with E-state index in [0.717, 1.165) is 32.1 Å². The molecule has 36 heavy (non-hydrogen) atoms. The molecule has 1 aliphatic rings. The number of ether oxygens (including phenoxy) is 2. The van der Waals surface area contributed by atoms with E-state index in [1.54, 1.807) is 13.8 Å². The second kappa shape index (κ2) is 17.0. The number of hydrogen-bond acceptors (Lipinski definition) is 9. The molecule has 8 atom stereocenters. The summed E-state index contributed by atoms with van der Waals surface area (Å²) in [5.74, 6) is -2.40. The minimum absolute atomic E-state index is 0.00660. The molecule has 0 aromatic carbocycles. The zero-order chi connectivity index (χ0) is 27.3. The molecule has 1 fully saturated rings. The second-order valence-electron chi connectivity index (χ2n) is 10.1. The SMILES string of the molecule is C/C(=C\C(=O)OCCCCCCCCC(=O)O)C[C@@H]1OC[C@H](CC(O)[C@@H](O)[C@@H](C)[C@H](C)O)[C@@H](O)[C@H]1O.